The van der Waals surface area contributed by atoms with Crippen LogP contribution in [-0.2, 0) is 0 Å². The second kappa shape index (κ2) is 8.39. The Balaban J connectivity index is 2.18. The van der Waals surface area contributed by atoms with Gasteiger partial charge in [-0.15, -0.1) is 6.58 Å². The molecule has 0 spiro atoms. The van der Waals surface area contributed by atoms with E-state index in [0.29, 0.717) is 11.1 Å². The lowest BCUT2D eigenvalue weighted by Crippen LogP contribution is -2.45. The fourth-order valence-electron chi connectivity index (χ4n) is 3.07. The number of allylic oxidation sites excluding steroid dienone is 1. The van der Waals surface area contributed by atoms with Crippen molar-refractivity contribution in [3.63, 3.8) is 0 Å². The van der Waals surface area contributed by atoms with Gasteiger partial charge in [-0.25, -0.2) is 8.78 Å². The van der Waals surface area contributed by atoms with Gasteiger partial charge >= 0.3 is 0 Å². The molecule has 1 aromatic carbocycles. The average Bonchev–Trinajstić information content (AvgIpc) is 2.55. The van der Waals surface area contributed by atoms with Gasteiger partial charge in [0, 0.05) is 37.8 Å². The van der Waals surface area contributed by atoms with Gasteiger partial charge in [0.25, 0.3) is 0 Å². The third kappa shape index (κ3) is 4.14. The SMILES string of the molecule is C=CCCCC[C@H](c1ccc(C)c(F)c1F)N1CCNCC1. The Bertz CT molecular complexity index is 496. The Kier molecular flexibility index (Phi) is 6.52. The summed E-state index contributed by atoms with van der Waals surface area (Å²) in [5.41, 5.74) is 0.871. The molecule has 0 bridgehead atoms. The zero-order chi connectivity index (χ0) is 15.9. The molecule has 1 aliphatic heterocycles. The van der Waals surface area contributed by atoms with E-state index >= 15 is 0 Å². The van der Waals surface area contributed by atoms with Crippen LogP contribution in [0, 0.1) is 18.6 Å². The standard InChI is InChI=1S/C18H26F2N2/c1-3-4-5-6-7-16(22-12-10-21-11-13-22)15-9-8-14(2)17(19)18(15)20/h3,8-9,16,21H,1,4-7,10-13H2,2H3/t16-/m1/s1. The molecule has 4 heteroatoms. The Hall–Kier alpha value is -1.26. The second-order valence-corrected chi connectivity index (χ2v) is 5.97. The molecule has 122 valence electrons. The molecule has 0 aliphatic carbocycles. The van der Waals surface area contributed by atoms with Crippen molar-refractivity contribution in [1.82, 2.24) is 10.2 Å². The van der Waals surface area contributed by atoms with Gasteiger partial charge in [-0.05, 0) is 31.7 Å². The molecule has 1 aliphatic rings. The largest absolute Gasteiger partial charge is 0.314 e. The first-order valence-electron chi connectivity index (χ1n) is 8.15. The van der Waals surface area contributed by atoms with Crippen molar-refractivity contribution in [2.24, 2.45) is 0 Å². The zero-order valence-electron chi connectivity index (χ0n) is 13.4. The highest BCUT2D eigenvalue weighted by molar-refractivity contribution is 5.28. The molecule has 1 aromatic rings. The summed E-state index contributed by atoms with van der Waals surface area (Å²) in [5.74, 6) is -1.38. The molecular formula is C18H26F2N2. The summed E-state index contributed by atoms with van der Waals surface area (Å²) in [5, 5.41) is 3.31. The number of nitrogens with zero attached hydrogens (tertiary/aromatic N) is 1. The number of halogens is 2. The lowest BCUT2D eigenvalue weighted by atomic mass is 9.96. The van der Waals surface area contributed by atoms with Gasteiger partial charge in [0.15, 0.2) is 11.6 Å². The van der Waals surface area contributed by atoms with Crippen LogP contribution in [0.4, 0.5) is 8.78 Å². The summed E-state index contributed by atoms with van der Waals surface area (Å²) in [6.07, 6.45) is 5.77. The smallest absolute Gasteiger partial charge is 0.163 e. The third-order valence-electron chi connectivity index (χ3n) is 4.39. The van der Waals surface area contributed by atoms with E-state index in [2.05, 4.69) is 16.8 Å². The van der Waals surface area contributed by atoms with Crippen LogP contribution < -0.4 is 5.32 Å². The molecule has 0 amide bonds. The maximum absolute atomic E-state index is 14.4. The summed E-state index contributed by atoms with van der Waals surface area (Å²) in [4.78, 5) is 2.28. The van der Waals surface area contributed by atoms with Crippen molar-refractivity contribution >= 4 is 0 Å². The molecule has 22 heavy (non-hydrogen) atoms. The summed E-state index contributed by atoms with van der Waals surface area (Å²) < 4.78 is 28.4. The monoisotopic (exact) mass is 308 g/mol. The molecule has 0 radical (unpaired) electrons. The van der Waals surface area contributed by atoms with Crippen molar-refractivity contribution in [2.45, 2.75) is 38.6 Å². The first-order chi connectivity index (χ1) is 10.6. The number of piperazine rings is 1. The molecule has 0 unspecified atom stereocenters. The highest BCUT2D eigenvalue weighted by atomic mass is 19.2. The Morgan fingerprint density at radius 3 is 2.64 bits per heavy atom. The summed E-state index contributed by atoms with van der Waals surface area (Å²) in [6.45, 7) is 8.89. The van der Waals surface area contributed by atoms with Gasteiger partial charge in [0.05, 0.1) is 0 Å². The predicted molar refractivity (Wildman–Crippen MR) is 86.9 cm³/mol. The van der Waals surface area contributed by atoms with Gasteiger partial charge in [-0.3, -0.25) is 4.90 Å². The summed E-state index contributed by atoms with van der Waals surface area (Å²) in [7, 11) is 0. The van der Waals surface area contributed by atoms with Crippen LogP contribution in [0.15, 0.2) is 24.8 Å². The quantitative estimate of drug-likeness (QED) is 0.606. The van der Waals surface area contributed by atoms with Crippen LogP contribution in [0.2, 0.25) is 0 Å². The van der Waals surface area contributed by atoms with Crippen molar-refractivity contribution in [2.75, 3.05) is 26.2 Å². The second-order valence-electron chi connectivity index (χ2n) is 5.97. The highest BCUT2D eigenvalue weighted by Gasteiger charge is 2.26. The number of rotatable bonds is 7. The van der Waals surface area contributed by atoms with E-state index in [1.807, 2.05) is 6.08 Å². The minimum atomic E-state index is -0.705. The van der Waals surface area contributed by atoms with Crippen LogP contribution >= 0.6 is 0 Å². The van der Waals surface area contributed by atoms with E-state index in [0.717, 1.165) is 51.9 Å². The van der Waals surface area contributed by atoms with E-state index in [1.165, 1.54) is 0 Å². The van der Waals surface area contributed by atoms with Crippen molar-refractivity contribution in [1.29, 1.82) is 0 Å². The summed E-state index contributed by atoms with van der Waals surface area (Å²) in [6, 6.07) is 3.41. The molecule has 2 rings (SSSR count). The number of benzene rings is 1. The van der Waals surface area contributed by atoms with Crippen LogP contribution in [0.5, 0.6) is 0 Å². The van der Waals surface area contributed by atoms with Gasteiger partial charge in [-0.1, -0.05) is 24.6 Å². The summed E-state index contributed by atoms with van der Waals surface area (Å²) >= 11 is 0. The fraction of sp³-hybridized carbons (Fsp3) is 0.556. The lowest BCUT2D eigenvalue weighted by molar-refractivity contribution is 0.159. The maximum atomic E-state index is 14.4. The minimum absolute atomic E-state index is 0.0398. The fourth-order valence-corrected chi connectivity index (χ4v) is 3.07. The van der Waals surface area contributed by atoms with Crippen LogP contribution in [0.1, 0.15) is 42.9 Å². The van der Waals surface area contributed by atoms with Crippen LogP contribution in [0.25, 0.3) is 0 Å². The first kappa shape index (κ1) is 17.1. The zero-order valence-corrected chi connectivity index (χ0v) is 13.4. The molecule has 0 aromatic heterocycles. The maximum Gasteiger partial charge on any atom is 0.163 e. The molecule has 1 atom stereocenters. The van der Waals surface area contributed by atoms with Gasteiger partial charge in [0.1, 0.15) is 0 Å². The van der Waals surface area contributed by atoms with E-state index < -0.39 is 11.6 Å². The third-order valence-corrected chi connectivity index (χ3v) is 4.39. The Morgan fingerprint density at radius 1 is 1.23 bits per heavy atom. The first-order valence-corrected chi connectivity index (χ1v) is 8.15. The van der Waals surface area contributed by atoms with Gasteiger partial charge < -0.3 is 5.32 Å². The van der Waals surface area contributed by atoms with E-state index in [1.54, 1.807) is 19.1 Å². The number of aryl methyl sites for hydroxylation is 1. The molecule has 1 heterocycles. The van der Waals surface area contributed by atoms with E-state index in [-0.39, 0.29) is 6.04 Å². The molecule has 1 N–H and O–H groups in total. The molecule has 1 saturated heterocycles. The molecular weight excluding hydrogens is 282 g/mol. The molecule has 2 nitrogen and oxygen atoms in total. The minimum Gasteiger partial charge on any atom is -0.314 e. The average molecular weight is 308 g/mol. The predicted octanol–water partition coefficient (Wildman–Crippen LogP) is 3.97. The number of hydrogen-bond acceptors (Lipinski definition) is 2. The number of hydrogen-bond donors (Lipinski definition) is 1. The van der Waals surface area contributed by atoms with Crippen LogP contribution in [0.3, 0.4) is 0 Å². The normalized spacial score (nSPS) is 17.4. The van der Waals surface area contributed by atoms with Crippen molar-refractivity contribution < 1.29 is 8.78 Å². The van der Waals surface area contributed by atoms with E-state index in [4.69, 9.17) is 0 Å². The Labute approximate surface area is 132 Å². The van der Waals surface area contributed by atoms with Crippen molar-refractivity contribution in [3.8, 4) is 0 Å². The van der Waals surface area contributed by atoms with Crippen molar-refractivity contribution in [3.05, 3.63) is 47.5 Å². The van der Waals surface area contributed by atoms with Crippen LogP contribution in [-0.4, -0.2) is 31.1 Å². The van der Waals surface area contributed by atoms with Gasteiger partial charge in [0.2, 0.25) is 0 Å². The molecule has 1 fully saturated rings. The van der Waals surface area contributed by atoms with E-state index in [9.17, 15) is 8.78 Å². The van der Waals surface area contributed by atoms with Gasteiger partial charge in [-0.2, -0.15) is 0 Å². The lowest BCUT2D eigenvalue weighted by Gasteiger charge is -2.35. The number of unbranched alkanes of at least 4 members (excludes halogenated alkanes) is 2. The Morgan fingerprint density at radius 2 is 1.95 bits per heavy atom. The highest BCUT2D eigenvalue weighted by Crippen LogP contribution is 2.31. The topological polar surface area (TPSA) is 15.3 Å². The molecule has 0 saturated carbocycles. The number of nitrogens with one attached hydrogen (secondary N) is 1.